The minimum absolute atomic E-state index is 0.227. The lowest BCUT2D eigenvalue weighted by Gasteiger charge is -2.36. The van der Waals surface area contributed by atoms with Crippen molar-refractivity contribution in [2.45, 2.75) is 46.3 Å². The molecule has 138 valence electrons. The number of nitrogens with one attached hydrogen (secondary N) is 2. The van der Waals surface area contributed by atoms with Crippen molar-refractivity contribution in [2.75, 3.05) is 19.6 Å². The first-order valence-electron chi connectivity index (χ1n) is 8.85. The van der Waals surface area contributed by atoms with Crippen molar-refractivity contribution in [3.05, 3.63) is 23.0 Å². The number of rotatable bonds is 2. The zero-order valence-electron chi connectivity index (χ0n) is 15.3. The first-order chi connectivity index (χ1) is 11.7. The van der Waals surface area contributed by atoms with E-state index in [0.717, 1.165) is 30.8 Å². The zero-order chi connectivity index (χ0) is 18.4. The van der Waals surface area contributed by atoms with Crippen LogP contribution in [0, 0.1) is 11.3 Å². The molecule has 3 aliphatic rings. The molecule has 3 aliphatic heterocycles. The van der Waals surface area contributed by atoms with E-state index in [1.807, 2.05) is 0 Å². The monoisotopic (exact) mass is 349 g/mol. The molecule has 7 heteroatoms. The Morgan fingerprint density at radius 3 is 2.76 bits per heavy atom. The number of piperidine rings is 1. The molecule has 3 heterocycles. The van der Waals surface area contributed by atoms with Crippen molar-refractivity contribution in [1.82, 2.24) is 15.5 Å². The molecule has 0 aromatic rings. The predicted molar refractivity (Wildman–Crippen MR) is 92.7 cm³/mol. The molecule has 2 unspecified atom stereocenters. The topological polar surface area (TPSA) is 90.9 Å². The number of amides is 1. The van der Waals surface area contributed by atoms with Crippen molar-refractivity contribution in [2.24, 2.45) is 11.3 Å². The molecule has 0 saturated carbocycles. The van der Waals surface area contributed by atoms with Crippen molar-refractivity contribution in [3.8, 4) is 0 Å². The van der Waals surface area contributed by atoms with Gasteiger partial charge in [-0.05, 0) is 32.4 Å². The Kier molecular flexibility index (Phi) is 4.53. The average Bonchev–Trinajstić information content (AvgIpc) is 2.84. The fourth-order valence-corrected chi connectivity index (χ4v) is 4.20. The van der Waals surface area contributed by atoms with Crippen LogP contribution < -0.4 is 10.6 Å². The van der Waals surface area contributed by atoms with Gasteiger partial charge in [0.1, 0.15) is 0 Å². The highest BCUT2D eigenvalue weighted by Crippen LogP contribution is 2.46. The Hall–Kier alpha value is -2.02. The SMILES string of the molecule is CC(C)OC(=O)C1=CN(C(=O)O)CC(C)(C)C2=C1NC1CNCCC21. The van der Waals surface area contributed by atoms with Gasteiger partial charge in [0.25, 0.3) is 0 Å². The Bertz CT molecular complexity index is 651. The van der Waals surface area contributed by atoms with Gasteiger partial charge in [-0.2, -0.15) is 0 Å². The van der Waals surface area contributed by atoms with E-state index in [2.05, 4.69) is 24.5 Å². The molecule has 0 radical (unpaired) electrons. The predicted octanol–water partition coefficient (Wildman–Crippen LogP) is 1.68. The van der Waals surface area contributed by atoms with Gasteiger partial charge in [-0.15, -0.1) is 0 Å². The lowest BCUT2D eigenvalue weighted by molar-refractivity contribution is -0.142. The fourth-order valence-electron chi connectivity index (χ4n) is 4.20. The van der Waals surface area contributed by atoms with Gasteiger partial charge in [0, 0.05) is 36.7 Å². The van der Waals surface area contributed by atoms with Gasteiger partial charge in [0.05, 0.1) is 17.4 Å². The number of nitrogens with zero attached hydrogens (tertiary/aromatic N) is 1. The van der Waals surface area contributed by atoms with E-state index in [4.69, 9.17) is 4.74 Å². The van der Waals surface area contributed by atoms with Crippen LogP contribution >= 0.6 is 0 Å². The number of esters is 1. The van der Waals surface area contributed by atoms with Crippen LogP contribution in [0.4, 0.5) is 4.79 Å². The van der Waals surface area contributed by atoms with Gasteiger partial charge in [-0.1, -0.05) is 13.8 Å². The summed E-state index contributed by atoms with van der Waals surface area (Å²) in [5.74, 6) is -0.180. The highest BCUT2D eigenvalue weighted by atomic mass is 16.5. The highest BCUT2D eigenvalue weighted by molar-refractivity contribution is 5.94. The number of ether oxygens (including phenoxy) is 1. The number of hydrogen-bond acceptors (Lipinski definition) is 5. The number of carbonyl (C=O) groups excluding carboxylic acids is 1. The van der Waals surface area contributed by atoms with Gasteiger partial charge in [-0.25, -0.2) is 9.59 Å². The molecule has 0 aromatic carbocycles. The summed E-state index contributed by atoms with van der Waals surface area (Å²) in [7, 11) is 0. The summed E-state index contributed by atoms with van der Waals surface area (Å²) < 4.78 is 5.39. The molecule has 25 heavy (non-hydrogen) atoms. The maximum atomic E-state index is 12.7. The van der Waals surface area contributed by atoms with Crippen molar-refractivity contribution in [1.29, 1.82) is 0 Å². The molecule has 0 aliphatic carbocycles. The molecule has 0 aromatic heterocycles. The average molecular weight is 349 g/mol. The minimum Gasteiger partial charge on any atom is -0.465 e. The first-order valence-corrected chi connectivity index (χ1v) is 8.85. The Balaban J connectivity index is 2.08. The number of hydrogen-bond donors (Lipinski definition) is 3. The van der Waals surface area contributed by atoms with Gasteiger partial charge in [0.2, 0.25) is 0 Å². The molecule has 1 saturated heterocycles. The van der Waals surface area contributed by atoms with E-state index >= 15 is 0 Å². The van der Waals surface area contributed by atoms with Gasteiger partial charge in [-0.3, -0.25) is 4.90 Å². The second-order valence-corrected chi connectivity index (χ2v) is 7.93. The zero-order valence-corrected chi connectivity index (χ0v) is 15.3. The van der Waals surface area contributed by atoms with Crippen LogP contribution in [-0.2, 0) is 9.53 Å². The summed E-state index contributed by atoms with van der Waals surface area (Å²) in [4.78, 5) is 25.6. The van der Waals surface area contributed by atoms with Gasteiger partial charge < -0.3 is 20.5 Å². The summed E-state index contributed by atoms with van der Waals surface area (Å²) in [6.45, 7) is 9.75. The Labute approximate surface area is 148 Å². The van der Waals surface area contributed by atoms with E-state index in [1.54, 1.807) is 13.8 Å². The van der Waals surface area contributed by atoms with E-state index in [0.29, 0.717) is 18.0 Å². The summed E-state index contributed by atoms with van der Waals surface area (Å²) in [6, 6.07) is 0.227. The van der Waals surface area contributed by atoms with Crippen molar-refractivity contribution >= 4 is 12.1 Å². The molecule has 7 nitrogen and oxygen atoms in total. The molecule has 0 spiro atoms. The summed E-state index contributed by atoms with van der Waals surface area (Å²) in [6.07, 6.45) is 1.07. The van der Waals surface area contributed by atoms with Crippen molar-refractivity contribution < 1.29 is 19.4 Å². The van der Waals surface area contributed by atoms with Crippen LogP contribution in [0.5, 0.6) is 0 Å². The van der Waals surface area contributed by atoms with Gasteiger partial charge >= 0.3 is 12.1 Å². The van der Waals surface area contributed by atoms with E-state index in [1.165, 1.54) is 11.1 Å². The first kappa shape index (κ1) is 17.8. The lowest BCUT2D eigenvalue weighted by atomic mass is 9.73. The van der Waals surface area contributed by atoms with Crippen LogP contribution in [0.2, 0.25) is 0 Å². The molecule has 1 fully saturated rings. The summed E-state index contributed by atoms with van der Waals surface area (Å²) in [5, 5.41) is 16.4. The highest BCUT2D eigenvalue weighted by Gasteiger charge is 2.47. The second kappa shape index (κ2) is 6.37. The van der Waals surface area contributed by atoms with Crippen LogP contribution in [0.1, 0.15) is 34.1 Å². The third-order valence-electron chi connectivity index (χ3n) is 5.11. The normalized spacial score (nSPS) is 27.9. The molecule has 0 bridgehead atoms. The Morgan fingerprint density at radius 1 is 1.40 bits per heavy atom. The third kappa shape index (κ3) is 3.25. The third-order valence-corrected chi connectivity index (χ3v) is 5.11. The van der Waals surface area contributed by atoms with Crippen LogP contribution in [0.15, 0.2) is 23.0 Å². The molecular formula is C18H27N3O4. The van der Waals surface area contributed by atoms with E-state index in [-0.39, 0.29) is 17.6 Å². The lowest BCUT2D eigenvalue weighted by Crippen LogP contribution is -2.47. The smallest absolute Gasteiger partial charge is 0.411 e. The fraction of sp³-hybridized carbons (Fsp3) is 0.667. The molecule has 2 atom stereocenters. The molecule has 3 rings (SSSR count). The number of carbonyl (C=O) groups is 2. The van der Waals surface area contributed by atoms with Crippen LogP contribution in [0.3, 0.4) is 0 Å². The van der Waals surface area contributed by atoms with Gasteiger partial charge in [0.15, 0.2) is 0 Å². The van der Waals surface area contributed by atoms with E-state index in [9.17, 15) is 14.7 Å². The van der Waals surface area contributed by atoms with Crippen LogP contribution in [-0.4, -0.2) is 53.8 Å². The second-order valence-electron chi connectivity index (χ2n) is 7.93. The van der Waals surface area contributed by atoms with Crippen molar-refractivity contribution in [3.63, 3.8) is 0 Å². The standard InChI is InChI=1S/C18H27N3O4/c1-10(2)25-16(22)12-8-21(17(23)24)9-18(3,4)14-11-5-6-19-7-13(11)20-15(12)14/h8,10-11,13,19-20H,5-7,9H2,1-4H3,(H,23,24). The Morgan fingerprint density at radius 2 is 2.12 bits per heavy atom. The molecule has 3 N–H and O–H groups in total. The quantitative estimate of drug-likeness (QED) is 0.657. The maximum absolute atomic E-state index is 12.7. The molecular weight excluding hydrogens is 322 g/mol. The number of carboxylic acid groups (broad SMARTS) is 1. The minimum atomic E-state index is -1.06. The molecule has 1 amide bonds. The van der Waals surface area contributed by atoms with E-state index < -0.39 is 12.1 Å². The number of fused-ring (bicyclic) bond motifs is 2. The largest absolute Gasteiger partial charge is 0.465 e. The van der Waals surface area contributed by atoms with Crippen LogP contribution in [0.25, 0.3) is 0 Å². The summed E-state index contributed by atoms with van der Waals surface area (Å²) in [5.41, 5.74) is 1.85. The maximum Gasteiger partial charge on any atom is 0.411 e. The summed E-state index contributed by atoms with van der Waals surface area (Å²) >= 11 is 0.